The molecule has 0 radical (unpaired) electrons. The van der Waals surface area contributed by atoms with Crippen molar-refractivity contribution in [3.63, 3.8) is 0 Å². The van der Waals surface area contributed by atoms with Crippen LogP contribution in [0, 0.1) is 17.7 Å². The number of aromatic nitrogens is 2. The molecule has 2 aliphatic rings. The second-order valence-corrected chi connectivity index (χ2v) is 9.40. The van der Waals surface area contributed by atoms with E-state index in [2.05, 4.69) is 32.6 Å². The quantitative estimate of drug-likeness (QED) is 0.211. The van der Waals surface area contributed by atoms with Gasteiger partial charge in [-0.15, -0.1) is 0 Å². The molecule has 2 unspecified atom stereocenters. The molecule has 2 amide bonds. The van der Waals surface area contributed by atoms with Crippen molar-refractivity contribution in [1.82, 2.24) is 25.4 Å². The molecule has 1 aromatic rings. The Morgan fingerprint density at radius 2 is 2.00 bits per heavy atom. The molecular weight excluding hydrogens is 453 g/mol. The Balaban J connectivity index is 1.72. The van der Waals surface area contributed by atoms with Gasteiger partial charge in [-0.25, -0.2) is 5.06 Å². The minimum atomic E-state index is -0.715. The molecule has 3 atom stereocenters. The zero-order chi connectivity index (χ0) is 24.1. The summed E-state index contributed by atoms with van der Waals surface area (Å²) in [6.45, 7) is 5.21. The van der Waals surface area contributed by atoms with Crippen LogP contribution in [0.4, 0.5) is 16.0 Å². The number of halogens is 2. The summed E-state index contributed by atoms with van der Waals surface area (Å²) in [7, 11) is 2.02. The first-order chi connectivity index (χ1) is 15.7. The summed E-state index contributed by atoms with van der Waals surface area (Å²) >= 11 is 6.08. The van der Waals surface area contributed by atoms with Gasteiger partial charge in [0.15, 0.2) is 11.6 Å². The minimum absolute atomic E-state index is 0.0127. The molecule has 1 aliphatic carbocycles. The van der Waals surface area contributed by atoms with Crippen molar-refractivity contribution in [2.24, 2.45) is 11.8 Å². The summed E-state index contributed by atoms with van der Waals surface area (Å²) in [5.74, 6) is -1.67. The van der Waals surface area contributed by atoms with Crippen LogP contribution in [0.5, 0.6) is 0 Å². The Labute approximate surface area is 198 Å². The first-order valence-electron chi connectivity index (χ1n) is 11.4. The van der Waals surface area contributed by atoms with E-state index in [4.69, 9.17) is 11.6 Å². The van der Waals surface area contributed by atoms with E-state index in [1.807, 2.05) is 18.9 Å². The Morgan fingerprint density at radius 3 is 2.67 bits per heavy atom. The molecule has 1 saturated heterocycles. The second-order valence-electron chi connectivity index (χ2n) is 9.06. The summed E-state index contributed by atoms with van der Waals surface area (Å²) in [6, 6.07) is 0.167. The number of amides is 2. The van der Waals surface area contributed by atoms with Crippen LogP contribution in [0.1, 0.15) is 46.0 Å². The van der Waals surface area contributed by atoms with Gasteiger partial charge in [-0.3, -0.25) is 30.5 Å². The number of piperazine rings is 1. The molecule has 3 rings (SSSR count). The number of nitrogens with one attached hydrogen (secondary N) is 2. The molecule has 2 heterocycles. The van der Waals surface area contributed by atoms with Crippen molar-refractivity contribution >= 4 is 35.6 Å². The predicted octanol–water partition coefficient (Wildman–Crippen LogP) is 2.29. The van der Waals surface area contributed by atoms with E-state index >= 15 is 4.39 Å². The van der Waals surface area contributed by atoms with Gasteiger partial charge in [-0.2, -0.15) is 14.4 Å². The third kappa shape index (κ3) is 6.21. The fraction of sp³-hybridized carbons (Fsp3) is 0.714. The number of hydrazine groups is 1. The third-order valence-corrected chi connectivity index (χ3v) is 7.12. The molecule has 3 N–H and O–H groups in total. The van der Waals surface area contributed by atoms with Gasteiger partial charge in [0.25, 0.3) is 0 Å². The van der Waals surface area contributed by atoms with Crippen LogP contribution in [0.3, 0.4) is 0 Å². The van der Waals surface area contributed by atoms with E-state index < -0.39 is 17.6 Å². The number of hydrogen-bond acceptors (Lipinski definition) is 8. The van der Waals surface area contributed by atoms with E-state index in [1.54, 1.807) is 0 Å². The number of hydroxylamine groups is 2. The third-order valence-electron chi connectivity index (χ3n) is 6.95. The molecule has 0 aromatic carbocycles. The van der Waals surface area contributed by atoms with Crippen LogP contribution in [0.2, 0.25) is 5.28 Å². The van der Waals surface area contributed by atoms with E-state index in [9.17, 15) is 14.8 Å². The lowest BCUT2D eigenvalue weighted by molar-refractivity contribution is -0.154. The van der Waals surface area contributed by atoms with E-state index in [-0.39, 0.29) is 42.0 Å². The monoisotopic (exact) mass is 485 g/mol. The molecule has 184 valence electrons. The summed E-state index contributed by atoms with van der Waals surface area (Å²) < 4.78 is 15.3. The first-order valence-corrected chi connectivity index (χ1v) is 11.8. The number of likely N-dealkylation sites (N-methyl/N-ethyl adjacent to an activating group) is 1. The summed E-state index contributed by atoms with van der Waals surface area (Å²) in [4.78, 5) is 35.7. The topological polar surface area (TPSA) is 114 Å². The number of hydrogen-bond donors (Lipinski definition) is 3. The van der Waals surface area contributed by atoms with Crippen molar-refractivity contribution in [1.29, 1.82) is 0 Å². The summed E-state index contributed by atoms with van der Waals surface area (Å²) in [5.41, 5.74) is 5.00. The molecule has 2 fully saturated rings. The lowest BCUT2D eigenvalue weighted by atomic mass is 9.92. The average molecular weight is 486 g/mol. The Kier molecular flexibility index (Phi) is 8.66. The number of anilines is 2. The van der Waals surface area contributed by atoms with Crippen LogP contribution in [-0.2, 0) is 9.59 Å². The van der Waals surface area contributed by atoms with Crippen LogP contribution in [0.15, 0.2) is 0 Å². The van der Waals surface area contributed by atoms with Crippen molar-refractivity contribution in [2.75, 3.05) is 37.0 Å². The molecular formula is C21H33ClFN7O3. The van der Waals surface area contributed by atoms with Crippen LogP contribution >= 0.6 is 11.6 Å². The summed E-state index contributed by atoms with van der Waals surface area (Å²) in [5, 5.41) is 9.93. The van der Waals surface area contributed by atoms with Crippen LogP contribution in [0.25, 0.3) is 0 Å². The smallest absolute Gasteiger partial charge is 0.243 e. The molecule has 1 saturated carbocycles. The zero-order valence-electron chi connectivity index (χ0n) is 19.3. The maximum Gasteiger partial charge on any atom is 0.243 e. The predicted molar refractivity (Wildman–Crippen MR) is 122 cm³/mol. The van der Waals surface area contributed by atoms with Crippen molar-refractivity contribution in [3.8, 4) is 0 Å². The largest absolute Gasteiger partial charge is 0.348 e. The minimum Gasteiger partial charge on any atom is -0.348 e. The molecule has 12 heteroatoms. The average Bonchev–Trinajstić information content (AvgIpc) is 3.30. The van der Waals surface area contributed by atoms with Crippen molar-refractivity contribution in [2.45, 2.75) is 58.0 Å². The Hall–Kier alpha value is -2.24. The van der Waals surface area contributed by atoms with Gasteiger partial charge in [-0.1, -0.05) is 25.7 Å². The van der Waals surface area contributed by atoms with Gasteiger partial charge in [0.2, 0.25) is 23.4 Å². The van der Waals surface area contributed by atoms with Gasteiger partial charge < -0.3 is 4.90 Å². The van der Waals surface area contributed by atoms with Gasteiger partial charge in [0.1, 0.15) is 0 Å². The molecule has 1 aliphatic heterocycles. The van der Waals surface area contributed by atoms with Gasteiger partial charge >= 0.3 is 0 Å². The lowest BCUT2D eigenvalue weighted by Gasteiger charge is -2.44. The van der Waals surface area contributed by atoms with E-state index in [1.165, 1.54) is 0 Å². The molecule has 0 spiro atoms. The number of carbonyl (C=O) groups is 2. The van der Waals surface area contributed by atoms with E-state index in [0.29, 0.717) is 23.9 Å². The fourth-order valence-corrected chi connectivity index (χ4v) is 4.85. The van der Waals surface area contributed by atoms with E-state index in [0.717, 1.165) is 32.2 Å². The molecule has 0 bridgehead atoms. The molecule has 33 heavy (non-hydrogen) atoms. The van der Waals surface area contributed by atoms with Crippen molar-refractivity contribution in [3.05, 3.63) is 11.1 Å². The molecule has 10 nitrogen and oxygen atoms in total. The Bertz CT molecular complexity index is 842. The highest BCUT2D eigenvalue weighted by atomic mass is 35.5. The normalized spacial score (nSPS) is 22.8. The summed E-state index contributed by atoms with van der Waals surface area (Å²) in [6.07, 6.45) is 4.99. The maximum atomic E-state index is 15.3. The number of rotatable bonds is 9. The van der Waals surface area contributed by atoms with Crippen molar-refractivity contribution < 1.29 is 19.2 Å². The molecule has 1 aromatic heterocycles. The van der Waals surface area contributed by atoms with Crippen LogP contribution < -0.4 is 15.8 Å². The highest BCUT2D eigenvalue weighted by Crippen LogP contribution is 2.31. The standard InChI is InChI=1S/C21H33ClFN7O3/c1-13-14(2)30(9-8-28(13)3)19-17(23)18(24-21(22)25-19)26-27-20(32)16(11-29(33)12-31)10-15-6-4-5-7-15/h12-16,33H,4-11H2,1-3H3,(H,27,32)(H,24,25,26)/t13-,14?,16?/m1/s1. The number of carbonyl (C=O) groups excluding carboxylic acids is 2. The maximum absolute atomic E-state index is 15.3. The highest BCUT2D eigenvalue weighted by Gasteiger charge is 2.32. The van der Waals surface area contributed by atoms with Gasteiger partial charge in [0.05, 0.1) is 12.5 Å². The fourth-order valence-electron chi connectivity index (χ4n) is 4.69. The van der Waals surface area contributed by atoms with Gasteiger partial charge in [0, 0.05) is 25.2 Å². The zero-order valence-corrected chi connectivity index (χ0v) is 20.1. The SMILES string of the molecule is CC1[C@@H](C)N(C)CCN1c1nc(Cl)nc(NNC(=O)C(CC2CCCC2)CN(O)C=O)c1F. The van der Waals surface area contributed by atoms with Gasteiger partial charge in [-0.05, 0) is 44.8 Å². The highest BCUT2D eigenvalue weighted by molar-refractivity contribution is 6.28. The van der Waals surface area contributed by atoms with Crippen LogP contribution in [-0.4, -0.2) is 76.2 Å². The first kappa shape index (κ1) is 25.4. The Morgan fingerprint density at radius 1 is 1.30 bits per heavy atom. The number of nitrogens with zero attached hydrogens (tertiary/aromatic N) is 5. The lowest BCUT2D eigenvalue weighted by Crippen LogP contribution is -2.56. The second kappa shape index (κ2) is 11.3.